The highest BCUT2D eigenvalue weighted by Gasteiger charge is 2.10. The molecule has 0 radical (unpaired) electrons. The predicted octanol–water partition coefficient (Wildman–Crippen LogP) is 2.39. The van der Waals surface area contributed by atoms with Gasteiger partial charge < -0.3 is 10.6 Å². The van der Waals surface area contributed by atoms with Gasteiger partial charge in [-0.15, -0.1) is 0 Å². The van der Waals surface area contributed by atoms with Crippen LogP contribution < -0.4 is 10.6 Å². The summed E-state index contributed by atoms with van der Waals surface area (Å²) in [5.41, 5.74) is 1.82. The van der Waals surface area contributed by atoms with E-state index in [1.165, 1.54) is 6.07 Å². The first-order valence-corrected chi connectivity index (χ1v) is 5.71. The van der Waals surface area contributed by atoms with Crippen LogP contribution in [0, 0.1) is 12.7 Å². The van der Waals surface area contributed by atoms with Gasteiger partial charge in [0, 0.05) is 18.6 Å². The fraction of sp³-hybridized carbons (Fsp3) is 0.538. The summed E-state index contributed by atoms with van der Waals surface area (Å²) in [5.74, 6) is -0.143. The lowest BCUT2D eigenvalue weighted by Gasteiger charge is -2.19. The molecule has 1 unspecified atom stereocenters. The number of halogens is 1. The molecule has 1 rings (SSSR count). The number of benzene rings is 1. The van der Waals surface area contributed by atoms with Crippen LogP contribution >= 0.6 is 0 Å². The van der Waals surface area contributed by atoms with Crippen molar-refractivity contribution >= 4 is 0 Å². The van der Waals surface area contributed by atoms with Crippen molar-refractivity contribution in [3.05, 3.63) is 35.1 Å². The third-order valence-electron chi connectivity index (χ3n) is 2.66. The Hall–Kier alpha value is -0.930. The van der Waals surface area contributed by atoms with Gasteiger partial charge in [0.15, 0.2) is 0 Å². The van der Waals surface area contributed by atoms with Crippen molar-refractivity contribution in [2.75, 3.05) is 13.6 Å². The van der Waals surface area contributed by atoms with Crippen LogP contribution in [0.15, 0.2) is 18.2 Å². The highest BCUT2D eigenvalue weighted by atomic mass is 19.1. The molecule has 0 heterocycles. The first-order chi connectivity index (χ1) is 7.54. The molecular weight excluding hydrogens is 203 g/mol. The van der Waals surface area contributed by atoms with Crippen molar-refractivity contribution in [1.29, 1.82) is 0 Å². The second-order valence-electron chi connectivity index (χ2n) is 4.41. The molecule has 16 heavy (non-hydrogen) atoms. The molecule has 0 bridgehead atoms. The molecule has 90 valence electrons. The van der Waals surface area contributed by atoms with Gasteiger partial charge in [0.1, 0.15) is 5.82 Å². The van der Waals surface area contributed by atoms with Crippen molar-refractivity contribution < 1.29 is 4.39 Å². The van der Waals surface area contributed by atoms with Crippen LogP contribution in [0.25, 0.3) is 0 Å². The number of likely N-dealkylation sites (N-methyl/N-ethyl adjacent to an activating group) is 1. The summed E-state index contributed by atoms with van der Waals surface area (Å²) in [4.78, 5) is 0. The molecule has 0 aromatic heterocycles. The third kappa shape index (κ3) is 3.58. The van der Waals surface area contributed by atoms with E-state index in [0.29, 0.717) is 11.6 Å². The standard InChI is InChI=1S/C13H21FN2/c1-9(2)16-8-13(15-4)11-5-6-12(14)10(3)7-11/h5-7,9,13,15-16H,8H2,1-4H3. The number of aryl methyl sites for hydroxylation is 1. The van der Waals surface area contributed by atoms with Crippen molar-refractivity contribution in [3.8, 4) is 0 Å². The van der Waals surface area contributed by atoms with Gasteiger partial charge in [-0.25, -0.2) is 4.39 Å². The highest BCUT2D eigenvalue weighted by Crippen LogP contribution is 2.16. The van der Waals surface area contributed by atoms with Gasteiger partial charge in [-0.2, -0.15) is 0 Å². The van der Waals surface area contributed by atoms with Crippen molar-refractivity contribution in [1.82, 2.24) is 10.6 Å². The normalized spacial score (nSPS) is 13.1. The summed E-state index contributed by atoms with van der Waals surface area (Å²) < 4.78 is 13.1. The van der Waals surface area contributed by atoms with Crippen LogP contribution in [-0.4, -0.2) is 19.6 Å². The second-order valence-corrected chi connectivity index (χ2v) is 4.41. The van der Waals surface area contributed by atoms with Crippen LogP contribution in [0.4, 0.5) is 4.39 Å². The fourth-order valence-corrected chi connectivity index (χ4v) is 1.62. The molecule has 0 aliphatic rings. The molecule has 1 aromatic rings. The van der Waals surface area contributed by atoms with Crippen LogP contribution in [-0.2, 0) is 0 Å². The molecule has 1 atom stereocenters. The van der Waals surface area contributed by atoms with Crippen LogP contribution in [0.3, 0.4) is 0 Å². The zero-order chi connectivity index (χ0) is 12.1. The van der Waals surface area contributed by atoms with Crippen molar-refractivity contribution in [2.45, 2.75) is 32.9 Å². The van der Waals surface area contributed by atoms with Gasteiger partial charge in [-0.3, -0.25) is 0 Å². The first-order valence-electron chi connectivity index (χ1n) is 5.71. The van der Waals surface area contributed by atoms with Crippen molar-refractivity contribution in [2.24, 2.45) is 0 Å². The number of nitrogens with one attached hydrogen (secondary N) is 2. The molecule has 2 nitrogen and oxygen atoms in total. The SMILES string of the molecule is CNC(CNC(C)C)c1ccc(F)c(C)c1. The largest absolute Gasteiger partial charge is 0.313 e. The van der Waals surface area contributed by atoms with Gasteiger partial charge in [0.2, 0.25) is 0 Å². The quantitative estimate of drug-likeness (QED) is 0.802. The molecule has 0 aliphatic carbocycles. The average molecular weight is 224 g/mol. The number of hydrogen-bond acceptors (Lipinski definition) is 2. The average Bonchev–Trinajstić information content (AvgIpc) is 2.23. The van der Waals surface area contributed by atoms with Crippen molar-refractivity contribution in [3.63, 3.8) is 0 Å². The van der Waals surface area contributed by atoms with Gasteiger partial charge in [-0.05, 0) is 31.2 Å². The maximum Gasteiger partial charge on any atom is 0.126 e. The van der Waals surface area contributed by atoms with Gasteiger partial charge in [-0.1, -0.05) is 26.0 Å². The Morgan fingerprint density at radius 2 is 2.00 bits per heavy atom. The summed E-state index contributed by atoms with van der Waals surface area (Å²) in [7, 11) is 1.92. The Labute approximate surface area is 97.3 Å². The van der Waals surface area contributed by atoms with E-state index >= 15 is 0 Å². The molecule has 0 saturated heterocycles. The van der Waals surface area contributed by atoms with E-state index < -0.39 is 0 Å². The lowest BCUT2D eigenvalue weighted by Crippen LogP contribution is -2.33. The minimum absolute atomic E-state index is 0.143. The molecule has 0 amide bonds. The molecular formula is C13H21FN2. The zero-order valence-corrected chi connectivity index (χ0v) is 10.5. The number of hydrogen-bond donors (Lipinski definition) is 2. The Bertz CT molecular complexity index is 337. The van der Waals surface area contributed by atoms with Crippen LogP contribution in [0.5, 0.6) is 0 Å². The number of rotatable bonds is 5. The highest BCUT2D eigenvalue weighted by molar-refractivity contribution is 5.26. The second kappa shape index (κ2) is 5.97. The Morgan fingerprint density at radius 1 is 1.31 bits per heavy atom. The van der Waals surface area contributed by atoms with Gasteiger partial charge >= 0.3 is 0 Å². The fourth-order valence-electron chi connectivity index (χ4n) is 1.62. The zero-order valence-electron chi connectivity index (χ0n) is 10.5. The van der Waals surface area contributed by atoms with E-state index in [9.17, 15) is 4.39 Å². The molecule has 2 N–H and O–H groups in total. The Morgan fingerprint density at radius 3 is 2.50 bits per heavy atom. The first kappa shape index (κ1) is 13.1. The molecule has 0 spiro atoms. The van der Waals surface area contributed by atoms with Crippen LogP contribution in [0.2, 0.25) is 0 Å². The van der Waals surface area contributed by atoms with E-state index in [2.05, 4.69) is 24.5 Å². The van der Waals surface area contributed by atoms with E-state index in [-0.39, 0.29) is 11.9 Å². The molecule has 0 aliphatic heterocycles. The molecule has 1 aromatic carbocycles. The monoisotopic (exact) mass is 224 g/mol. The van der Waals surface area contributed by atoms with Gasteiger partial charge in [0.25, 0.3) is 0 Å². The summed E-state index contributed by atoms with van der Waals surface area (Å²) in [6, 6.07) is 5.95. The maximum absolute atomic E-state index is 13.1. The summed E-state index contributed by atoms with van der Waals surface area (Å²) in [5, 5.41) is 6.61. The summed E-state index contributed by atoms with van der Waals surface area (Å²) >= 11 is 0. The molecule has 0 saturated carbocycles. The summed E-state index contributed by atoms with van der Waals surface area (Å²) in [6.07, 6.45) is 0. The lowest BCUT2D eigenvalue weighted by molar-refractivity contribution is 0.490. The summed E-state index contributed by atoms with van der Waals surface area (Å²) in [6.45, 7) is 6.87. The molecule has 3 heteroatoms. The van der Waals surface area contributed by atoms with E-state index in [4.69, 9.17) is 0 Å². The van der Waals surface area contributed by atoms with Gasteiger partial charge in [0.05, 0.1) is 0 Å². The van der Waals surface area contributed by atoms with E-state index in [1.807, 2.05) is 19.2 Å². The smallest absolute Gasteiger partial charge is 0.126 e. The van der Waals surface area contributed by atoms with E-state index in [1.54, 1.807) is 6.92 Å². The van der Waals surface area contributed by atoms with Crippen LogP contribution in [0.1, 0.15) is 31.0 Å². The Balaban J connectivity index is 2.74. The third-order valence-corrected chi connectivity index (χ3v) is 2.66. The minimum atomic E-state index is -0.143. The Kier molecular flexibility index (Phi) is 4.90. The predicted molar refractivity (Wildman–Crippen MR) is 66.1 cm³/mol. The maximum atomic E-state index is 13.1. The topological polar surface area (TPSA) is 24.1 Å². The molecule has 0 fully saturated rings. The lowest BCUT2D eigenvalue weighted by atomic mass is 10.0. The van der Waals surface area contributed by atoms with E-state index in [0.717, 1.165) is 12.1 Å². The minimum Gasteiger partial charge on any atom is -0.313 e.